The lowest BCUT2D eigenvalue weighted by molar-refractivity contribution is -0.265. The zero-order chi connectivity index (χ0) is 93.9. The van der Waals surface area contributed by atoms with Crippen molar-refractivity contribution >= 4 is 86.9 Å². The number of anilines is 3. The number of nitrogens with one attached hydrogen (secondary N) is 1. The molecule has 15 rings (SSSR count). The van der Waals surface area contributed by atoms with Gasteiger partial charge in [0.1, 0.15) is 59.7 Å². The molecule has 0 radical (unpaired) electrons. The number of piperidine rings is 1. The Bertz CT molecular complexity index is 5470. The van der Waals surface area contributed by atoms with Crippen LogP contribution in [0.5, 0.6) is 0 Å². The molecule has 35 nitrogen and oxygen atoms in total. The van der Waals surface area contributed by atoms with Crippen molar-refractivity contribution in [2.24, 2.45) is 35.5 Å². The standard InChI is InChI=1S/C98H128N18O17/c1-59-15-11-10-12-16-60(2)79(128-8)49-74-22-18-65(7)98(127,133-74)88(122)93(124)115-29-14-13-17-76(115)94(125)131-80(50-77(117)61(3)44-64(6)86(120)87(121)85(119)63(5)43-59)62(4)45-66-20-23-78(81(47-66)129-9)132-97(126)114-31-26-75-73(57-114)54-104-96(107-75)112-38-36-110(37-39-112)82(118)27-41-130-42-40-109-32-34-111(35-33-109)95-102-52-72(53-103-95)92(123)113-30-25-68-46-67(19-21-70(68)56-113)55-116-91-83(89(99)105-58-106-91)84(108-116)71-48-69-24-28-100-90(69)101-51-71/h10-12,15-16,19,21,24,28,44,46,48,51-54,58-59,61-63,65-66,74,76,78-81,86-87,120-121,127H,13-14,17-18,20,22-23,25-27,29-43,45,47,49-50,55-57H2,1-9H3,(H,100,101)(H2,99,105,106)/b12-10?,15-11+,60-16?,64-44+/t59-,61-,62-,63-,65-,66+,74+,76+,78-,79+,80+,81-,86-,87+,98-/m1/s1. The number of hydrogen-bond acceptors (Lipinski definition) is 29. The first-order chi connectivity index (χ1) is 64.1. The molecule has 4 amide bonds. The van der Waals surface area contributed by atoms with E-state index in [-0.39, 0.29) is 73.8 Å². The lowest BCUT2D eigenvalue weighted by atomic mass is 9.78. The summed E-state index contributed by atoms with van der Waals surface area (Å²) in [5.74, 6) is -7.94. The lowest BCUT2D eigenvalue weighted by Crippen LogP contribution is -2.61. The maximum atomic E-state index is 14.9. The van der Waals surface area contributed by atoms with Crippen LogP contribution in [0.4, 0.5) is 22.5 Å². The number of pyridine rings is 1. The van der Waals surface area contributed by atoms with Gasteiger partial charge in [0.2, 0.25) is 23.6 Å². The number of H-pyrrole nitrogens is 1. The molecule has 1 aromatic carbocycles. The third-order valence-corrected chi connectivity index (χ3v) is 28.3. The number of carbonyl (C=O) groups is 8. The van der Waals surface area contributed by atoms with Crippen LogP contribution < -0.4 is 15.5 Å². The van der Waals surface area contributed by atoms with Gasteiger partial charge in [-0.2, -0.15) is 5.10 Å². The van der Waals surface area contributed by atoms with E-state index >= 15 is 0 Å². The van der Waals surface area contributed by atoms with Gasteiger partial charge >= 0.3 is 12.1 Å². The van der Waals surface area contributed by atoms with E-state index in [2.05, 4.69) is 62.8 Å². The van der Waals surface area contributed by atoms with Gasteiger partial charge < -0.3 is 83.9 Å². The number of Topliss-reactive ketones (excluding diaryl/α,β-unsaturated/α-hetero) is 3. The number of allylic oxidation sites excluding steroid dienone is 6. The minimum atomic E-state index is -2.50. The molecular formula is C98H128N18O17. The molecule has 6 aromatic heterocycles. The topological polar surface area (TPSA) is 425 Å². The lowest BCUT2D eigenvalue weighted by Gasteiger charge is -2.42. The van der Waals surface area contributed by atoms with Gasteiger partial charge in [0, 0.05) is 184 Å². The highest BCUT2D eigenvalue weighted by atomic mass is 16.6. The average Bonchev–Trinajstić information content (AvgIpc) is 1.44. The van der Waals surface area contributed by atoms with Crippen molar-refractivity contribution < 1.29 is 82.1 Å². The van der Waals surface area contributed by atoms with Crippen LogP contribution in [0.2, 0.25) is 0 Å². The Morgan fingerprint density at radius 3 is 2.26 bits per heavy atom. The highest BCUT2D eigenvalue weighted by molar-refractivity contribution is 6.39. The van der Waals surface area contributed by atoms with Crippen molar-refractivity contribution in [3.05, 3.63) is 149 Å². The molecule has 7 aromatic rings. The summed E-state index contributed by atoms with van der Waals surface area (Å²) in [5, 5.41) is 41.5. The third kappa shape index (κ3) is 22.8. The quantitative estimate of drug-likeness (QED) is 0.0232. The number of nitrogens with zero attached hydrogens (tertiary/aromatic N) is 16. The highest BCUT2D eigenvalue weighted by Gasteiger charge is 2.54. The number of fused-ring (bicyclic) bond motifs is 7. The number of cyclic esters (lactones) is 1. The van der Waals surface area contributed by atoms with Gasteiger partial charge in [-0.1, -0.05) is 89.3 Å². The SMILES string of the molecule is CO[C@H]1C[C@@H]2CC[C@@H](C)[C@@](O)(O2)C(=O)C(=O)N2CCCC[C@H]2C(=O)O[C@H]([C@H](C)C[C@@H]2CC[C@@H](OC(=O)N3CCc4nc(N5CCN(C(=O)CCOCCN6CCN(c7ncc(C(=O)N8CCc9cc(Cn%10nc(-c%11cnc%12[nH]ccc%12c%11)c%11c(N)ncnc%11%10)ccc9C8)cn7)CC6)CC5)ncc4C3)[C@H](OC)C2)CC(=O)[C@H](C)/C=C(\C)[C@@H](O)[C@@H](O)C(=O)[C@H](C)C[C@H](C)/C=C/C=CC=C1C. The van der Waals surface area contributed by atoms with Gasteiger partial charge in [0.25, 0.3) is 17.6 Å². The third-order valence-electron chi connectivity index (χ3n) is 28.3. The van der Waals surface area contributed by atoms with E-state index in [1.807, 2.05) is 84.0 Å². The number of piperazine rings is 2. The van der Waals surface area contributed by atoms with Gasteiger partial charge in [-0.05, 0) is 142 Å². The summed E-state index contributed by atoms with van der Waals surface area (Å²) in [6.07, 6.45) is 19.6. The number of ether oxygens (including phenoxy) is 6. The van der Waals surface area contributed by atoms with Crippen LogP contribution in [-0.4, -0.2) is 297 Å². The van der Waals surface area contributed by atoms with Crippen LogP contribution in [0.3, 0.4) is 0 Å². The van der Waals surface area contributed by atoms with E-state index in [4.69, 9.17) is 49.2 Å². The Morgan fingerprint density at radius 1 is 0.714 bits per heavy atom. The Kier molecular flexibility index (Phi) is 31.5. The number of aliphatic hydroxyl groups excluding tert-OH is 2. The molecule has 6 N–H and O–H groups in total. The minimum absolute atomic E-state index is 0.0251. The number of esters is 1. The number of benzene rings is 1. The molecule has 0 unspecified atom stereocenters. The normalized spacial score (nSPS) is 27.7. The van der Waals surface area contributed by atoms with Gasteiger partial charge in [0.05, 0.1) is 67.7 Å². The molecule has 4 saturated heterocycles. The van der Waals surface area contributed by atoms with Crippen LogP contribution in [0, 0.1) is 35.5 Å². The molecule has 1 saturated carbocycles. The molecule has 0 spiro atoms. The summed E-state index contributed by atoms with van der Waals surface area (Å²) in [6.45, 7) is 21.0. The molecule has 7 aliphatic heterocycles. The maximum Gasteiger partial charge on any atom is 0.410 e. The molecule has 1 aliphatic carbocycles. The van der Waals surface area contributed by atoms with Gasteiger partial charge in [-0.3, -0.25) is 33.7 Å². The number of nitrogen functional groups attached to an aromatic ring is 1. The Labute approximate surface area is 775 Å². The average molecular weight is 1830 g/mol. The number of aliphatic hydroxyl groups is 3. The van der Waals surface area contributed by atoms with Crippen LogP contribution in [0.15, 0.2) is 115 Å². The molecule has 8 aliphatic rings. The van der Waals surface area contributed by atoms with E-state index in [0.717, 1.165) is 57.6 Å². The number of carbonyl (C=O) groups excluding carboxylic acids is 8. The molecule has 133 heavy (non-hydrogen) atoms. The number of nitrogens with two attached hydrogens (primary N) is 1. The summed E-state index contributed by atoms with van der Waals surface area (Å²) in [7, 11) is 3.13. The summed E-state index contributed by atoms with van der Waals surface area (Å²) in [6, 6.07) is 9.09. The number of amides is 4. The summed E-state index contributed by atoms with van der Waals surface area (Å²) in [4.78, 5) is 162. The number of aromatic nitrogens is 10. The second kappa shape index (κ2) is 43.4. The first kappa shape index (κ1) is 96.4. The van der Waals surface area contributed by atoms with E-state index in [1.165, 1.54) is 22.9 Å². The molecule has 13 heterocycles. The molecule has 712 valence electrons. The fourth-order valence-corrected chi connectivity index (χ4v) is 20.0. The molecule has 15 atom stereocenters. The minimum Gasteiger partial charge on any atom is -0.460 e. The van der Waals surface area contributed by atoms with Crippen molar-refractivity contribution in [1.29, 1.82) is 0 Å². The van der Waals surface area contributed by atoms with E-state index in [1.54, 1.807) is 71.6 Å². The first-order valence-corrected chi connectivity index (χ1v) is 47.2. The van der Waals surface area contributed by atoms with Crippen molar-refractivity contribution in [3.8, 4) is 11.3 Å². The number of hydrogen-bond donors (Lipinski definition) is 5. The predicted molar refractivity (Wildman–Crippen MR) is 494 cm³/mol. The Morgan fingerprint density at radius 2 is 1.47 bits per heavy atom. The van der Waals surface area contributed by atoms with Crippen LogP contribution in [0.25, 0.3) is 33.3 Å². The van der Waals surface area contributed by atoms with Crippen molar-refractivity contribution in [2.75, 3.05) is 122 Å². The van der Waals surface area contributed by atoms with E-state index < -0.39 is 108 Å². The number of aromatic amines is 1. The highest BCUT2D eigenvalue weighted by Crippen LogP contribution is 2.41. The van der Waals surface area contributed by atoms with Crippen LogP contribution >= 0.6 is 0 Å². The van der Waals surface area contributed by atoms with Gasteiger partial charge in [0.15, 0.2) is 11.4 Å². The number of rotatable bonds is 18. The fraction of sp³-hybridized carbons (Fsp3) is 0.571. The Hall–Kier alpha value is -11.2. The second-order valence-electron chi connectivity index (χ2n) is 37.6. The van der Waals surface area contributed by atoms with Crippen molar-refractivity contribution in [2.45, 2.75) is 219 Å². The number of ketones is 3. The molecular weight excluding hydrogens is 1700 g/mol. The first-order valence-electron chi connectivity index (χ1n) is 47.2. The number of methoxy groups -OCH3 is 2. The smallest absolute Gasteiger partial charge is 0.410 e. The van der Waals surface area contributed by atoms with Gasteiger partial charge in [-0.15, -0.1) is 0 Å². The summed E-state index contributed by atoms with van der Waals surface area (Å²) in [5.41, 5.74) is 15.8. The van der Waals surface area contributed by atoms with Crippen molar-refractivity contribution in [1.82, 2.24) is 74.2 Å². The van der Waals surface area contributed by atoms with Crippen LogP contribution in [-0.2, 0) is 89.7 Å². The summed E-state index contributed by atoms with van der Waals surface area (Å²) < 4.78 is 38.7. The van der Waals surface area contributed by atoms with E-state index in [0.29, 0.717) is 196 Å². The zero-order valence-corrected chi connectivity index (χ0v) is 77.8. The van der Waals surface area contributed by atoms with Crippen molar-refractivity contribution in [3.63, 3.8) is 0 Å². The second-order valence-corrected chi connectivity index (χ2v) is 37.6. The fourth-order valence-electron chi connectivity index (χ4n) is 20.0. The zero-order valence-electron chi connectivity index (χ0n) is 77.8. The largest absolute Gasteiger partial charge is 0.460 e. The maximum absolute atomic E-state index is 14.9. The molecule has 35 heteroatoms. The van der Waals surface area contributed by atoms with E-state index in [9.17, 15) is 53.7 Å². The Balaban J connectivity index is 0.483. The van der Waals surface area contributed by atoms with Crippen LogP contribution in [0.1, 0.15) is 170 Å². The van der Waals surface area contributed by atoms with Gasteiger partial charge in [-0.25, -0.2) is 49.2 Å². The molecule has 5 fully saturated rings. The molecule has 2 bridgehead atoms. The summed E-state index contributed by atoms with van der Waals surface area (Å²) >= 11 is 0. The predicted octanol–water partition coefficient (Wildman–Crippen LogP) is 8.70. The monoisotopic (exact) mass is 1830 g/mol.